The predicted molar refractivity (Wildman–Crippen MR) is 104 cm³/mol. The van der Waals surface area contributed by atoms with Crippen molar-refractivity contribution in [3.05, 3.63) is 0 Å². The molecule has 1 amide bonds. The number of aliphatic imine (C=N–C) groups is 1. The number of methoxy groups -OCH3 is 1. The van der Waals surface area contributed by atoms with E-state index in [0.29, 0.717) is 17.4 Å². The lowest BCUT2D eigenvalue weighted by molar-refractivity contribution is -0.134. The fourth-order valence-corrected chi connectivity index (χ4v) is 4.25. The summed E-state index contributed by atoms with van der Waals surface area (Å²) in [5.74, 6) is 1.56. The van der Waals surface area contributed by atoms with E-state index in [0.717, 1.165) is 64.4 Å². The van der Waals surface area contributed by atoms with Crippen molar-refractivity contribution in [3.8, 4) is 0 Å². The van der Waals surface area contributed by atoms with Gasteiger partial charge in [-0.1, -0.05) is 12.8 Å². The smallest absolute Gasteiger partial charge is 0.225 e. The summed E-state index contributed by atoms with van der Waals surface area (Å²) in [5.41, 5.74) is 0.360. The minimum atomic E-state index is 0.283. The van der Waals surface area contributed by atoms with E-state index in [1.54, 1.807) is 7.11 Å². The molecule has 6 nitrogen and oxygen atoms in total. The molecular weight excluding hydrogens is 328 g/mol. The number of carbonyl (C=O) groups excluding carboxylic acids is 1. The van der Waals surface area contributed by atoms with Gasteiger partial charge in [-0.05, 0) is 50.9 Å². The van der Waals surface area contributed by atoms with Crippen LogP contribution in [0.1, 0.15) is 58.3 Å². The second kappa shape index (κ2) is 9.07. The average Bonchev–Trinajstić information content (AvgIpc) is 3.05. The Bertz CT molecular complexity index is 498. The molecule has 0 aromatic rings. The summed E-state index contributed by atoms with van der Waals surface area (Å²) >= 11 is 0. The Kier molecular flexibility index (Phi) is 6.79. The molecule has 1 aliphatic heterocycles. The second-order valence-corrected chi connectivity index (χ2v) is 8.33. The fraction of sp³-hybridized carbons (Fsp3) is 0.900. The Morgan fingerprint density at radius 2 is 2.04 bits per heavy atom. The highest BCUT2D eigenvalue weighted by atomic mass is 16.5. The van der Waals surface area contributed by atoms with E-state index in [4.69, 9.17) is 9.73 Å². The van der Waals surface area contributed by atoms with Crippen molar-refractivity contribution in [2.45, 2.75) is 64.3 Å². The molecule has 2 saturated carbocycles. The first-order chi connectivity index (χ1) is 12.7. The normalized spacial score (nSPS) is 25.5. The van der Waals surface area contributed by atoms with Crippen molar-refractivity contribution in [2.24, 2.45) is 16.3 Å². The summed E-state index contributed by atoms with van der Waals surface area (Å²) in [6, 6.07) is 0.312. The summed E-state index contributed by atoms with van der Waals surface area (Å²) in [7, 11) is 1.77. The van der Waals surface area contributed by atoms with Gasteiger partial charge in [-0.15, -0.1) is 0 Å². The number of carbonyl (C=O) groups is 1. The molecule has 0 radical (unpaired) electrons. The van der Waals surface area contributed by atoms with Crippen LogP contribution in [0.5, 0.6) is 0 Å². The lowest BCUT2D eigenvalue weighted by atomic mass is 10.0. The van der Waals surface area contributed by atoms with Gasteiger partial charge in [-0.2, -0.15) is 0 Å². The monoisotopic (exact) mass is 364 g/mol. The van der Waals surface area contributed by atoms with Crippen molar-refractivity contribution in [3.63, 3.8) is 0 Å². The number of guanidine groups is 1. The van der Waals surface area contributed by atoms with Crippen LogP contribution in [0.3, 0.4) is 0 Å². The molecule has 1 atom stereocenters. The molecule has 0 aromatic heterocycles. The van der Waals surface area contributed by atoms with Gasteiger partial charge in [0.1, 0.15) is 0 Å². The number of hydrogen-bond acceptors (Lipinski definition) is 3. The Hall–Kier alpha value is -1.30. The molecule has 3 fully saturated rings. The number of nitrogens with one attached hydrogen (secondary N) is 2. The second-order valence-electron chi connectivity index (χ2n) is 8.33. The SMILES string of the molecule is CCNC(=NCC1(CCOC)CC1)NC1CCN(C(=O)C2CCCC2)C1. The molecule has 148 valence electrons. The summed E-state index contributed by atoms with van der Waals surface area (Å²) in [6.07, 6.45) is 9.22. The maximum absolute atomic E-state index is 12.6. The molecule has 1 unspecified atom stereocenters. The molecule has 6 heteroatoms. The zero-order valence-electron chi connectivity index (χ0n) is 16.6. The minimum Gasteiger partial charge on any atom is -0.385 e. The highest BCUT2D eigenvalue weighted by Crippen LogP contribution is 2.48. The van der Waals surface area contributed by atoms with Gasteiger partial charge in [0.15, 0.2) is 5.96 Å². The van der Waals surface area contributed by atoms with Crippen LogP contribution in [-0.2, 0) is 9.53 Å². The zero-order valence-corrected chi connectivity index (χ0v) is 16.6. The van der Waals surface area contributed by atoms with Crippen LogP contribution in [0.4, 0.5) is 0 Å². The molecule has 0 aromatic carbocycles. The van der Waals surface area contributed by atoms with Crippen LogP contribution in [-0.4, -0.2) is 62.7 Å². The van der Waals surface area contributed by atoms with Crippen LogP contribution < -0.4 is 10.6 Å². The zero-order chi connectivity index (χ0) is 18.4. The van der Waals surface area contributed by atoms with Crippen LogP contribution in [0, 0.1) is 11.3 Å². The highest BCUT2D eigenvalue weighted by molar-refractivity contribution is 5.81. The van der Waals surface area contributed by atoms with Crippen molar-refractivity contribution in [1.82, 2.24) is 15.5 Å². The van der Waals surface area contributed by atoms with Gasteiger partial charge in [-0.3, -0.25) is 9.79 Å². The molecule has 3 aliphatic rings. The molecule has 0 spiro atoms. The molecule has 1 heterocycles. The Balaban J connectivity index is 1.48. The molecule has 2 N–H and O–H groups in total. The van der Waals surface area contributed by atoms with E-state index in [2.05, 4.69) is 22.5 Å². The fourth-order valence-electron chi connectivity index (χ4n) is 4.25. The van der Waals surface area contributed by atoms with E-state index in [-0.39, 0.29) is 5.92 Å². The summed E-state index contributed by atoms with van der Waals surface area (Å²) in [6.45, 7) is 6.33. The summed E-state index contributed by atoms with van der Waals surface area (Å²) in [4.78, 5) is 19.5. The Morgan fingerprint density at radius 3 is 2.69 bits per heavy atom. The van der Waals surface area contributed by atoms with Crippen molar-refractivity contribution >= 4 is 11.9 Å². The van der Waals surface area contributed by atoms with E-state index in [9.17, 15) is 4.79 Å². The molecule has 0 bridgehead atoms. The molecule has 26 heavy (non-hydrogen) atoms. The lowest BCUT2D eigenvalue weighted by Gasteiger charge is -2.22. The maximum atomic E-state index is 12.6. The van der Waals surface area contributed by atoms with Crippen LogP contribution in [0.25, 0.3) is 0 Å². The first-order valence-corrected chi connectivity index (χ1v) is 10.5. The number of ether oxygens (including phenoxy) is 1. The van der Waals surface area contributed by atoms with Gasteiger partial charge >= 0.3 is 0 Å². The van der Waals surface area contributed by atoms with E-state index in [1.807, 2.05) is 0 Å². The predicted octanol–water partition coefficient (Wildman–Crippen LogP) is 2.15. The number of amides is 1. The van der Waals surface area contributed by atoms with E-state index < -0.39 is 0 Å². The average molecular weight is 365 g/mol. The standard InChI is InChI=1S/C20H36N4O2/c1-3-21-19(22-15-20(9-10-20)11-13-26-2)23-17-8-12-24(14-17)18(25)16-6-4-5-7-16/h16-17H,3-15H2,1-2H3,(H2,21,22,23). The van der Waals surface area contributed by atoms with Crippen molar-refractivity contribution < 1.29 is 9.53 Å². The van der Waals surface area contributed by atoms with Crippen LogP contribution in [0.2, 0.25) is 0 Å². The third-order valence-electron chi connectivity index (χ3n) is 6.26. The number of rotatable bonds is 8. The van der Waals surface area contributed by atoms with E-state index >= 15 is 0 Å². The van der Waals surface area contributed by atoms with Crippen LogP contribution in [0.15, 0.2) is 4.99 Å². The quantitative estimate of drug-likeness (QED) is 0.512. The van der Waals surface area contributed by atoms with Gasteiger partial charge in [0, 0.05) is 51.9 Å². The first-order valence-electron chi connectivity index (χ1n) is 10.5. The van der Waals surface area contributed by atoms with Crippen LogP contribution >= 0.6 is 0 Å². The van der Waals surface area contributed by atoms with Gasteiger partial charge in [0.2, 0.25) is 5.91 Å². The summed E-state index contributed by atoms with van der Waals surface area (Å²) in [5, 5.41) is 6.93. The highest BCUT2D eigenvalue weighted by Gasteiger charge is 2.42. The Labute approximate surface area is 158 Å². The van der Waals surface area contributed by atoms with E-state index in [1.165, 1.54) is 25.7 Å². The number of nitrogens with zero attached hydrogens (tertiary/aromatic N) is 2. The van der Waals surface area contributed by atoms with Gasteiger partial charge in [-0.25, -0.2) is 0 Å². The summed E-state index contributed by atoms with van der Waals surface area (Å²) < 4.78 is 5.24. The minimum absolute atomic E-state index is 0.283. The molecular formula is C20H36N4O2. The number of hydrogen-bond donors (Lipinski definition) is 2. The largest absolute Gasteiger partial charge is 0.385 e. The van der Waals surface area contributed by atoms with Gasteiger partial charge < -0.3 is 20.3 Å². The van der Waals surface area contributed by atoms with Gasteiger partial charge in [0.25, 0.3) is 0 Å². The molecule has 2 aliphatic carbocycles. The molecule has 1 saturated heterocycles. The Morgan fingerprint density at radius 1 is 1.27 bits per heavy atom. The third kappa shape index (κ3) is 5.12. The third-order valence-corrected chi connectivity index (χ3v) is 6.26. The maximum Gasteiger partial charge on any atom is 0.225 e. The topological polar surface area (TPSA) is 66.0 Å². The molecule has 3 rings (SSSR count). The van der Waals surface area contributed by atoms with Crippen molar-refractivity contribution in [1.29, 1.82) is 0 Å². The van der Waals surface area contributed by atoms with Gasteiger partial charge in [0.05, 0.1) is 0 Å². The van der Waals surface area contributed by atoms with Crippen molar-refractivity contribution in [2.75, 3.05) is 39.9 Å². The first kappa shape index (κ1) is 19.5. The number of likely N-dealkylation sites (tertiary alicyclic amines) is 1. The lowest BCUT2D eigenvalue weighted by Crippen LogP contribution is -2.45.